The van der Waals surface area contributed by atoms with E-state index in [4.69, 9.17) is 4.74 Å². The highest BCUT2D eigenvalue weighted by molar-refractivity contribution is 5.85. The van der Waals surface area contributed by atoms with Gasteiger partial charge in [0.1, 0.15) is 0 Å². The number of nitrogens with one attached hydrogen (secondary N) is 2. The fourth-order valence-corrected chi connectivity index (χ4v) is 2.30. The second-order valence-electron chi connectivity index (χ2n) is 4.80. The zero-order chi connectivity index (χ0) is 13.5. The van der Waals surface area contributed by atoms with Gasteiger partial charge in [0.2, 0.25) is 5.91 Å². The molecule has 0 aromatic heterocycles. The number of morpholine rings is 1. The lowest BCUT2D eigenvalue weighted by atomic mass is 10.1. The van der Waals surface area contributed by atoms with E-state index in [9.17, 15) is 4.79 Å². The lowest BCUT2D eigenvalue weighted by Gasteiger charge is -2.23. The van der Waals surface area contributed by atoms with E-state index < -0.39 is 0 Å². The minimum absolute atomic E-state index is 0. The van der Waals surface area contributed by atoms with Crippen LogP contribution in [-0.2, 0) is 22.5 Å². The van der Waals surface area contributed by atoms with Crippen LogP contribution in [0.15, 0.2) is 24.3 Å². The van der Waals surface area contributed by atoms with Gasteiger partial charge >= 0.3 is 0 Å². The molecule has 2 N–H and O–H groups in total. The fraction of sp³-hybridized carbons (Fsp3) is 0.533. The topological polar surface area (TPSA) is 50.4 Å². The molecule has 1 fully saturated rings. The van der Waals surface area contributed by atoms with E-state index in [1.807, 2.05) is 12.1 Å². The van der Waals surface area contributed by atoms with Crippen LogP contribution in [0.5, 0.6) is 0 Å². The number of rotatable bonds is 5. The Morgan fingerprint density at radius 1 is 1.40 bits per heavy atom. The minimum atomic E-state index is 0. The van der Waals surface area contributed by atoms with Gasteiger partial charge < -0.3 is 15.4 Å². The summed E-state index contributed by atoms with van der Waals surface area (Å²) in [5.74, 6) is 0.0552. The monoisotopic (exact) mass is 298 g/mol. The molecule has 5 heteroatoms. The smallest absolute Gasteiger partial charge is 0.222 e. The number of carbonyl (C=O) groups excluding carboxylic acids is 1. The van der Waals surface area contributed by atoms with Crippen molar-refractivity contribution in [3.8, 4) is 0 Å². The van der Waals surface area contributed by atoms with E-state index in [1.165, 1.54) is 11.1 Å². The average Bonchev–Trinajstić information content (AvgIpc) is 2.46. The van der Waals surface area contributed by atoms with Crippen LogP contribution in [0.1, 0.15) is 24.5 Å². The average molecular weight is 299 g/mol. The normalized spacial score (nSPS) is 18.1. The molecule has 0 saturated carbocycles. The molecule has 1 saturated heterocycles. The molecule has 1 amide bonds. The van der Waals surface area contributed by atoms with Crippen molar-refractivity contribution in [2.75, 3.05) is 19.7 Å². The number of hydrogen-bond donors (Lipinski definition) is 2. The Kier molecular flexibility index (Phi) is 7.59. The maximum atomic E-state index is 11.9. The van der Waals surface area contributed by atoms with E-state index in [-0.39, 0.29) is 24.4 Å². The second-order valence-corrected chi connectivity index (χ2v) is 4.80. The van der Waals surface area contributed by atoms with Crippen molar-refractivity contribution in [1.29, 1.82) is 0 Å². The molecule has 1 atom stereocenters. The number of hydrogen-bond acceptors (Lipinski definition) is 3. The van der Waals surface area contributed by atoms with E-state index in [0.29, 0.717) is 19.6 Å². The molecule has 1 aliphatic heterocycles. The molecule has 1 aliphatic rings. The summed E-state index contributed by atoms with van der Waals surface area (Å²) in [6, 6.07) is 8.22. The maximum Gasteiger partial charge on any atom is 0.222 e. The van der Waals surface area contributed by atoms with Crippen LogP contribution >= 0.6 is 12.4 Å². The summed E-state index contributed by atoms with van der Waals surface area (Å²) in [5.41, 5.74) is 2.49. The lowest BCUT2D eigenvalue weighted by molar-refractivity contribution is -0.124. The number of halogens is 1. The highest BCUT2D eigenvalue weighted by Gasteiger charge is 2.17. The highest BCUT2D eigenvalue weighted by Crippen LogP contribution is 2.09. The molecule has 1 heterocycles. The predicted octanol–water partition coefficient (Wildman–Crippen LogP) is 1.67. The molecule has 0 aliphatic carbocycles. The largest absolute Gasteiger partial charge is 0.375 e. The Morgan fingerprint density at radius 2 is 2.15 bits per heavy atom. The van der Waals surface area contributed by atoms with Gasteiger partial charge in [0.05, 0.1) is 19.1 Å². The number of amides is 1. The van der Waals surface area contributed by atoms with Gasteiger partial charge in [-0.15, -0.1) is 12.4 Å². The molecule has 0 radical (unpaired) electrons. The molecular weight excluding hydrogens is 276 g/mol. The summed E-state index contributed by atoms with van der Waals surface area (Å²) in [4.78, 5) is 11.9. The Bertz CT molecular complexity index is 420. The van der Waals surface area contributed by atoms with Crippen LogP contribution in [0.2, 0.25) is 0 Å². The Hall–Kier alpha value is -1.10. The van der Waals surface area contributed by atoms with E-state index >= 15 is 0 Å². The Morgan fingerprint density at radius 3 is 2.80 bits per heavy atom. The summed E-state index contributed by atoms with van der Waals surface area (Å²) in [5, 5.41) is 6.20. The van der Waals surface area contributed by atoms with E-state index in [1.54, 1.807) is 0 Å². The van der Waals surface area contributed by atoms with Crippen LogP contribution in [0.3, 0.4) is 0 Å². The number of aryl methyl sites for hydroxylation is 1. The van der Waals surface area contributed by atoms with Crippen molar-refractivity contribution in [3.63, 3.8) is 0 Å². The molecule has 1 aromatic rings. The molecule has 112 valence electrons. The predicted molar refractivity (Wildman–Crippen MR) is 82.1 cm³/mol. The van der Waals surface area contributed by atoms with Gasteiger partial charge in [-0.3, -0.25) is 4.79 Å². The summed E-state index contributed by atoms with van der Waals surface area (Å²) >= 11 is 0. The van der Waals surface area contributed by atoms with Crippen molar-refractivity contribution in [1.82, 2.24) is 10.6 Å². The first-order chi connectivity index (χ1) is 9.29. The van der Waals surface area contributed by atoms with Crippen LogP contribution in [-0.4, -0.2) is 31.7 Å². The third-order valence-electron chi connectivity index (χ3n) is 3.39. The summed E-state index contributed by atoms with van der Waals surface area (Å²) in [7, 11) is 0. The fourth-order valence-electron chi connectivity index (χ4n) is 2.30. The summed E-state index contributed by atoms with van der Waals surface area (Å²) < 4.78 is 5.52. The van der Waals surface area contributed by atoms with Crippen molar-refractivity contribution in [2.45, 2.75) is 32.4 Å². The SMILES string of the molecule is CCc1ccccc1CNC(=O)CC1CNCCO1.Cl. The Labute approximate surface area is 126 Å². The summed E-state index contributed by atoms with van der Waals surface area (Å²) in [6.45, 7) is 5.06. The van der Waals surface area contributed by atoms with E-state index in [2.05, 4.69) is 29.7 Å². The van der Waals surface area contributed by atoms with Crippen LogP contribution in [0, 0.1) is 0 Å². The molecule has 1 aromatic carbocycles. The first kappa shape index (κ1) is 17.0. The number of benzene rings is 1. The van der Waals surface area contributed by atoms with Gasteiger partial charge in [-0.1, -0.05) is 31.2 Å². The lowest BCUT2D eigenvalue weighted by Crippen LogP contribution is -2.41. The van der Waals surface area contributed by atoms with Crippen LogP contribution in [0.4, 0.5) is 0 Å². The van der Waals surface area contributed by atoms with Gasteiger partial charge in [-0.2, -0.15) is 0 Å². The molecule has 0 bridgehead atoms. The second kappa shape index (κ2) is 8.95. The number of carbonyl (C=O) groups is 1. The first-order valence-electron chi connectivity index (χ1n) is 6.95. The molecule has 1 unspecified atom stereocenters. The summed E-state index contributed by atoms with van der Waals surface area (Å²) in [6.07, 6.45) is 1.43. The quantitative estimate of drug-likeness (QED) is 0.869. The van der Waals surface area contributed by atoms with Crippen molar-refractivity contribution >= 4 is 18.3 Å². The third-order valence-corrected chi connectivity index (χ3v) is 3.39. The van der Waals surface area contributed by atoms with Crippen molar-refractivity contribution in [3.05, 3.63) is 35.4 Å². The minimum Gasteiger partial charge on any atom is -0.375 e. The molecular formula is C15H23ClN2O2. The molecule has 4 nitrogen and oxygen atoms in total. The standard InChI is InChI=1S/C15H22N2O2.ClH/c1-2-12-5-3-4-6-13(12)10-17-15(18)9-14-11-16-7-8-19-14;/h3-6,14,16H,2,7-11H2,1H3,(H,17,18);1H. The molecule has 20 heavy (non-hydrogen) atoms. The zero-order valence-corrected chi connectivity index (χ0v) is 12.7. The van der Waals surface area contributed by atoms with Crippen molar-refractivity contribution in [2.24, 2.45) is 0 Å². The maximum absolute atomic E-state index is 11.9. The zero-order valence-electron chi connectivity index (χ0n) is 11.9. The van der Waals surface area contributed by atoms with E-state index in [0.717, 1.165) is 19.5 Å². The molecule has 0 spiro atoms. The third kappa shape index (κ3) is 5.12. The first-order valence-corrected chi connectivity index (χ1v) is 6.95. The van der Waals surface area contributed by atoms with Gasteiger partial charge in [0, 0.05) is 19.6 Å². The Balaban J connectivity index is 0.00000200. The van der Waals surface area contributed by atoms with Gasteiger partial charge in [0.15, 0.2) is 0 Å². The van der Waals surface area contributed by atoms with Gasteiger partial charge in [-0.25, -0.2) is 0 Å². The highest BCUT2D eigenvalue weighted by atomic mass is 35.5. The van der Waals surface area contributed by atoms with Gasteiger partial charge in [-0.05, 0) is 17.5 Å². The van der Waals surface area contributed by atoms with Crippen molar-refractivity contribution < 1.29 is 9.53 Å². The van der Waals surface area contributed by atoms with Crippen LogP contribution in [0.25, 0.3) is 0 Å². The van der Waals surface area contributed by atoms with Gasteiger partial charge in [0.25, 0.3) is 0 Å². The van der Waals surface area contributed by atoms with Crippen LogP contribution < -0.4 is 10.6 Å². The number of ether oxygens (including phenoxy) is 1. The molecule has 2 rings (SSSR count).